The van der Waals surface area contributed by atoms with Crippen LogP contribution in [0.4, 0.5) is 11.4 Å². The quantitative estimate of drug-likeness (QED) is 0.708. The van der Waals surface area contributed by atoms with Crippen LogP contribution in [0.3, 0.4) is 0 Å². The minimum Gasteiger partial charge on any atom is -0.372 e. The summed E-state index contributed by atoms with van der Waals surface area (Å²) in [6.07, 6.45) is 4.33. The fourth-order valence-corrected chi connectivity index (χ4v) is 2.96. The van der Waals surface area contributed by atoms with Crippen LogP contribution in [0, 0.1) is 6.92 Å². The first kappa shape index (κ1) is 16.1. The molecule has 1 aromatic rings. The predicted octanol–water partition coefficient (Wildman–Crippen LogP) is 5.56. The molecule has 0 spiro atoms. The molecule has 2 nitrogen and oxygen atoms in total. The van der Waals surface area contributed by atoms with Crippen LogP contribution in [0.15, 0.2) is 45.4 Å². The zero-order chi connectivity index (χ0) is 15.4. The lowest BCUT2D eigenvalue weighted by molar-refractivity contribution is 0.865. The first-order chi connectivity index (χ1) is 10.0. The highest BCUT2D eigenvalue weighted by Crippen LogP contribution is 2.28. The van der Waals surface area contributed by atoms with Gasteiger partial charge in [-0.25, -0.2) is 4.99 Å². The lowest BCUT2D eigenvalue weighted by Gasteiger charge is -2.21. The Balaban J connectivity index is 2.32. The predicted molar refractivity (Wildman–Crippen MR) is 94.3 cm³/mol. The number of aliphatic imine (C=N–C) groups is 1. The summed E-state index contributed by atoms with van der Waals surface area (Å²) in [5.74, 6) is 0. The molecule has 0 saturated carbocycles. The largest absolute Gasteiger partial charge is 0.372 e. The van der Waals surface area contributed by atoms with E-state index in [0.29, 0.717) is 6.42 Å². The first-order valence-electron chi connectivity index (χ1n) is 7.20. The molecule has 0 N–H and O–H groups in total. The number of rotatable bonds is 4. The van der Waals surface area contributed by atoms with Crippen LogP contribution in [-0.2, 0) is 0 Å². The highest BCUT2D eigenvalue weighted by molar-refractivity contribution is 6.38. The Bertz CT molecular complexity index is 591. The fourth-order valence-electron chi connectivity index (χ4n) is 2.38. The molecule has 0 unspecified atom stereocenters. The van der Waals surface area contributed by atoms with Gasteiger partial charge in [-0.1, -0.05) is 23.2 Å². The minimum absolute atomic E-state index is 0.599. The Hall–Kier alpha value is -1.25. The fraction of sp³-hybridized carbons (Fsp3) is 0.353. The van der Waals surface area contributed by atoms with Gasteiger partial charge in [0.25, 0.3) is 0 Å². The molecule has 0 fully saturated rings. The maximum atomic E-state index is 6.06. The van der Waals surface area contributed by atoms with E-state index in [0.717, 1.165) is 40.1 Å². The molecule has 4 heteroatoms. The number of halogens is 2. The Labute approximate surface area is 136 Å². The Morgan fingerprint density at radius 2 is 1.71 bits per heavy atom. The molecule has 0 atom stereocenters. The van der Waals surface area contributed by atoms with Gasteiger partial charge in [0.1, 0.15) is 0 Å². The van der Waals surface area contributed by atoms with E-state index < -0.39 is 0 Å². The van der Waals surface area contributed by atoms with Crippen LogP contribution in [0.1, 0.15) is 25.8 Å². The molecule has 0 amide bonds. The molecular weight excluding hydrogens is 303 g/mol. The van der Waals surface area contributed by atoms with Crippen molar-refractivity contribution in [3.63, 3.8) is 0 Å². The van der Waals surface area contributed by atoms with E-state index in [-0.39, 0.29) is 0 Å². The molecule has 0 radical (unpaired) electrons. The van der Waals surface area contributed by atoms with E-state index in [4.69, 9.17) is 23.2 Å². The molecule has 0 aromatic heterocycles. The lowest BCUT2D eigenvalue weighted by Crippen LogP contribution is -2.21. The van der Waals surface area contributed by atoms with Gasteiger partial charge in [-0.3, -0.25) is 0 Å². The number of allylic oxidation sites excluding steroid dienone is 4. The van der Waals surface area contributed by atoms with Crippen molar-refractivity contribution < 1.29 is 0 Å². The molecule has 0 aliphatic heterocycles. The highest BCUT2D eigenvalue weighted by atomic mass is 35.5. The van der Waals surface area contributed by atoms with E-state index in [2.05, 4.69) is 42.8 Å². The maximum Gasteiger partial charge on any atom is 0.0667 e. The summed E-state index contributed by atoms with van der Waals surface area (Å²) >= 11 is 12.1. The maximum absolute atomic E-state index is 6.06. The van der Waals surface area contributed by atoms with Crippen molar-refractivity contribution in [2.24, 2.45) is 4.99 Å². The number of benzene rings is 1. The van der Waals surface area contributed by atoms with Gasteiger partial charge in [-0.2, -0.15) is 0 Å². The molecule has 0 saturated heterocycles. The third-order valence-electron chi connectivity index (χ3n) is 3.51. The van der Waals surface area contributed by atoms with Crippen molar-refractivity contribution >= 4 is 40.3 Å². The van der Waals surface area contributed by atoms with Gasteiger partial charge in [0.15, 0.2) is 0 Å². The molecular formula is C17H20Cl2N2. The summed E-state index contributed by atoms with van der Waals surface area (Å²) in [6, 6.07) is 6.33. The van der Waals surface area contributed by atoms with E-state index in [1.165, 1.54) is 5.69 Å². The van der Waals surface area contributed by atoms with Crippen LogP contribution in [0.2, 0.25) is 0 Å². The van der Waals surface area contributed by atoms with E-state index >= 15 is 0 Å². The van der Waals surface area contributed by atoms with E-state index in [9.17, 15) is 0 Å². The lowest BCUT2D eigenvalue weighted by atomic mass is 10.1. The number of hydrogen-bond acceptors (Lipinski definition) is 2. The number of anilines is 1. The second-order valence-corrected chi connectivity index (χ2v) is 6.01. The van der Waals surface area contributed by atoms with Gasteiger partial charge in [0.2, 0.25) is 0 Å². The van der Waals surface area contributed by atoms with E-state index in [1.54, 1.807) is 0 Å². The monoisotopic (exact) mass is 322 g/mol. The smallest absolute Gasteiger partial charge is 0.0667 e. The Morgan fingerprint density at radius 1 is 1.10 bits per heavy atom. The van der Waals surface area contributed by atoms with Crippen molar-refractivity contribution in [1.29, 1.82) is 0 Å². The second-order valence-electron chi connectivity index (χ2n) is 5.04. The zero-order valence-electron chi connectivity index (χ0n) is 12.7. The van der Waals surface area contributed by atoms with Crippen LogP contribution < -0.4 is 4.90 Å². The summed E-state index contributed by atoms with van der Waals surface area (Å²) in [5.41, 5.74) is 4.12. The van der Waals surface area contributed by atoms with E-state index in [1.807, 2.05) is 18.2 Å². The van der Waals surface area contributed by atoms with Gasteiger partial charge < -0.3 is 4.90 Å². The molecule has 1 aliphatic carbocycles. The van der Waals surface area contributed by atoms with Gasteiger partial charge in [0.05, 0.1) is 11.4 Å². The zero-order valence-corrected chi connectivity index (χ0v) is 14.2. The summed E-state index contributed by atoms with van der Waals surface area (Å²) in [7, 11) is 0. The van der Waals surface area contributed by atoms with Crippen LogP contribution in [-0.4, -0.2) is 18.8 Å². The average molecular weight is 323 g/mol. The molecule has 21 heavy (non-hydrogen) atoms. The standard InChI is InChI=1S/C17H20Cl2N2/c1-4-21(5-2)16-6-7-17(12(3)8-16)20-15-10-13(18)9-14(19)11-15/h6-8,10-11H,4-5,9H2,1-3H3. The third-order valence-corrected chi connectivity index (χ3v) is 3.99. The minimum atomic E-state index is 0.599. The molecule has 112 valence electrons. The van der Waals surface area contributed by atoms with Crippen molar-refractivity contribution in [1.82, 2.24) is 0 Å². The van der Waals surface area contributed by atoms with Gasteiger partial charge >= 0.3 is 0 Å². The second kappa shape index (κ2) is 7.15. The number of hydrogen-bond donors (Lipinski definition) is 0. The van der Waals surface area contributed by atoms with Crippen molar-refractivity contribution in [2.45, 2.75) is 27.2 Å². The first-order valence-corrected chi connectivity index (χ1v) is 7.95. The molecule has 1 aromatic carbocycles. The van der Waals surface area contributed by atoms with Crippen molar-refractivity contribution in [3.8, 4) is 0 Å². The molecule has 0 bridgehead atoms. The Kier molecular flexibility index (Phi) is 5.49. The van der Waals surface area contributed by atoms with Crippen molar-refractivity contribution in [3.05, 3.63) is 46.0 Å². The van der Waals surface area contributed by atoms with Gasteiger partial charge in [-0.05, 0) is 56.7 Å². The molecule has 2 rings (SSSR count). The van der Waals surface area contributed by atoms with Gasteiger partial charge in [-0.15, -0.1) is 0 Å². The van der Waals surface area contributed by atoms with Crippen molar-refractivity contribution in [2.75, 3.05) is 18.0 Å². The van der Waals surface area contributed by atoms with Gasteiger partial charge in [0, 0.05) is 35.3 Å². The summed E-state index contributed by atoms with van der Waals surface area (Å²) in [6.45, 7) is 8.40. The summed E-state index contributed by atoms with van der Waals surface area (Å²) in [5, 5.41) is 1.44. The van der Waals surface area contributed by atoms with Crippen LogP contribution in [0.5, 0.6) is 0 Å². The number of aryl methyl sites for hydroxylation is 1. The third kappa shape index (κ3) is 4.12. The SMILES string of the molecule is CCN(CC)c1ccc(N=C2C=C(Cl)CC(Cl)=C2)c(C)c1. The number of nitrogens with zero attached hydrogens (tertiary/aromatic N) is 2. The van der Waals surface area contributed by atoms with Crippen LogP contribution in [0.25, 0.3) is 0 Å². The molecule has 1 aliphatic rings. The average Bonchev–Trinajstić information content (AvgIpc) is 2.42. The molecule has 0 heterocycles. The topological polar surface area (TPSA) is 15.6 Å². The summed E-state index contributed by atoms with van der Waals surface area (Å²) in [4.78, 5) is 6.96. The summed E-state index contributed by atoms with van der Waals surface area (Å²) < 4.78 is 0. The normalized spacial score (nSPS) is 14.6. The Morgan fingerprint density at radius 3 is 2.24 bits per heavy atom. The van der Waals surface area contributed by atoms with Crippen LogP contribution >= 0.6 is 23.2 Å². The highest BCUT2D eigenvalue weighted by Gasteiger charge is 2.09.